The minimum atomic E-state index is -0.804. The van der Waals surface area contributed by atoms with Crippen molar-refractivity contribution in [2.24, 2.45) is 0 Å². The summed E-state index contributed by atoms with van der Waals surface area (Å²) in [5.74, 6) is -0.723. The maximum absolute atomic E-state index is 13.7. The summed E-state index contributed by atoms with van der Waals surface area (Å²) >= 11 is 12.3. The van der Waals surface area contributed by atoms with Gasteiger partial charge in [-0.3, -0.25) is 4.79 Å². The molecule has 0 saturated carbocycles. The van der Waals surface area contributed by atoms with E-state index in [0.29, 0.717) is 34.9 Å². The first-order valence-corrected chi connectivity index (χ1v) is 12.2. The fourth-order valence-corrected chi connectivity index (χ4v) is 4.15. The summed E-state index contributed by atoms with van der Waals surface area (Å²) in [5, 5.41) is 1.11. The van der Waals surface area contributed by atoms with Crippen LogP contribution in [0.25, 0.3) is 0 Å². The van der Waals surface area contributed by atoms with Gasteiger partial charge in [0.05, 0.1) is 12.6 Å². The van der Waals surface area contributed by atoms with E-state index in [1.807, 2.05) is 26.0 Å². The van der Waals surface area contributed by atoms with Gasteiger partial charge in [-0.2, -0.15) is 0 Å². The van der Waals surface area contributed by atoms with E-state index in [-0.39, 0.29) is 12.5 Å². The first-order chi connectivity index (χ1) is 16.3. The van der Waals surface area contributed by atoms with Gasteiger partial charge >= 0.3 is 5.97 Å². The van der Waals surface area contributed by atoms with Crippen molar-refractivity contribution >= 4 is 35.1 Å². The third-order valence-electron chi connectivity index (χ3n) is 5.57. The Bertz CT molecular complexity index is 938. The van der Waals surface area contributed by atoms with Gasteiger partial charge in [0.15, 0.2) is 0 Å². The minimum Gasteiger partial charge on any atom is -0.464 e. The second-order valence-electron chi connectivity index (χ2n) is 7.95. The number of halogens is 2. The molecule has 1 aliphatic heterocycles. The molecule has 4 atom stereocenters. The monoisotopic (exact) mass is 505 g/mol. The summed E-state index contributed by atoms with van der Waals surface area (Å²) in [6, 6.07) is 5.78. The van der Waals surface area contributed by atoms with Crippen LogP contribution in [0, 0.1) is 0 Å². The molecule has 5 nitrogen and oxygen atoms in total. The smallest absolute Gasteiger partial charge is 0.328 e. The van der Waals surface area contributed by atoms with Crippen LogP contribution in [0.5, 0.6) is 0 Å². The molecule has 0 aliphatic carbocycles. The average molecular weight is 506 g/mol. The Balaban J connectivity index is 2.67. The zero-order chi connectivity index (χ0) is 25.3. The first-order valence-electron chi connectivity index (χ1n) is 11.5. The molecule has 1 heterocycles. The number of morpholine rings is 1. The zero-order valence-electron chi connectivity index (χ0n) is 20.0. The fraction of sp³-hybridized carbons (Fsp3) is 0.407. The summed E-state index contributed by atoms with van der Waals surface area (Å²) in [7, 11) is 0. The number of allylic oxidation sites excluding steroid dienone is 3. The number of carbonyl (C=O) groups excluding carboxylic acids is 2. The standard InChI is InChI=1S/C27H33Cl2NO4/c1-6-10-22(27(32)33-9-4)30-24(19-13-16-21(29)17-14-19)25(18(5)12-15-20(28)8-3)34-23(11-7-2)26(30)31/h7-8,12-17,22-25H,2,5-6,9-11H2,1,3-4H3/b15-12-,20-8+/t22-,23+,24-,25+/m1/s1. The molecule has 0 unspecified atom stereocenters. The van der Waals surface area contributed by atoms with Crippen LogP contribution in [0.3, 0.4) is 0 Å². The van der Waals surface area contributed by atoms with Crippen molar-refractivity contribution in [1.29, 1.82) is 0 Å². The third kappa shape index (κ3) is 6.84. The van der Waals surface area contributed by atoms with Crippen LogP contribution < -0.4 is 0 Å². The van der Waals surface area contributed by atoms with Crippen molar-refractivity contribution in [1.82, 2.24) is 4.90 Å². The Hall–Kier alpha value is -2.34. The lowest BCUT2D eigenvalue weighted by atomic mass is 9.89. The van der Waals surface area contributed by atoms with Gasteiger partial charge in [0, 0.05) is 16.5 Å². The molecule has 1 fully saturated rings. The molecule has 2 rings (SSSR count). The molecule has 0 spiro atoms. The number of ether oxygens (including phenoxy) is 2. The number of rotatable bonds is 11. The number of benzene rings is 1. The minimum absolute atomic E-state index is 0.222. The van der Waals surface area contributed by atoms with Crippen LogP contribution in [0.2, 0.25) is 5.02 Å². The second-order valence-corrected chi connectivity index (χ2v) is 8.82. The van der Waals surface area contributed by atoms with Gasteiger partial charge in [0.1, 0.15) is 18.2 Å². The van der Waals surface area contributed by atoms with E-state index in [2.05, 4.69) is 13.2 Å². The van der Waals surface area contributed by atoms with E-state index < -0.39 is 30.3 Å². The summed E-state index contributed by atoms with van der Waals surface area (Å²) in [5.41, 5.74) is 1.39. The molecule has 184 valence electrons. The quantitative estimate of drug-likeness (QED) is 0.194. The number of esters is 1. The Morgan fingerprint density at radius 1 is 1.26 bits per heavy atom. The van der Waals surface area contributed by atoms with Gasteiger partial charge in [-0.05, 0) is 49.6 Å². The Morgan fingerprint density at radius 2 is 1.94 bits per heavy atom. The van der Waals surface area contributed by atoms with Crippen LogP contribution in [-0.4, -0.2) is 41.6 Å². The van der Waals surface area contributed by atoms with Crippen molar-refractivity contribution in [3.05, 3.63) is 82.9 Å². The summed E-state index contributed by atoms with van der Waals surface area (Å²) < 4.78 is 11.7. The number of amides is 1. The SMILES string of the molecule is C=CC[C@@H]1O[C@@H](C(=C)/C=C\C(Cl)=C/C)[C@@H](c2ccc(Cl)cc2)N([C@H](CCC)C(=O)OCC)C1=O. The van der Waals surface area contributed by atoms with Crippen molar-refractivity contribution in [2.45, 2.75) is 64.3 Å². The average Bonchev–Trinajstić information content (AvgIpc) is 2.82. The molecule has 1 saturated heterocycles. The predicted molar refractivity (Wildman–Crippen MR) is 138 cm³/mol. The van der Waals surface area contributed by atoms with Gasteiger partial charge < -0.3 is 14.4 Å². The molecule has 1 aromatic rings. The van der Waals surface area contributed by atoms with E-state index in [0.717, 1.165) is 5.56 Å². The topological polar surface area (TPSA) is 55.8 Å². The fourth-order valence-electron chi connectivity index (χ4n) is 3.96. The largest absolute Gasteiger partial charge is 0.464 e. The van der Waals surface area contributed by atoms with Crippen molar-refractivity contribution in [3.8, 4) is 0 Å². The number of hydrogen-bond donors (Lipinski definition) is 0. The van der Waals surface area contributed by atoms with Crippen molar-refractivity contribution < 1.29 is 19.1 Å². The van der Waals surface area contributed by atoms with Gasteiger partial charge in [-0.15, -0.1) is 6.58 Å². The molecule has 0 N–H and O–H groups in total. The lowest BCUT2D eigenvalue weighted by molar-refractivity contribution is -0.180. The maximum Gasteiger partial charge on any atom is 0.328 e. The highest BCUT2D eigenvalue weighted by atomic mass is 35.5. The molecule has 7 heteroatoms. The summed E-state index contributed by atoms with van der Waals surface area (Å²) in [6.07, 6.45) is 6.90. The van der Waals surface area contributed by atoms with E-state index >= 15 is 0 Å². The molecule has 0 bridgehead atoms. The van der Waals surface area contributed by atoms with Crippen LogP contribution in [-0.2, 0) is 19.1 Å². The number of hydrogen-bond acceptors (Lipinski definition) is 4. The summed E-state index contributed by atoms with van der Waals surface area (Å²) in [6.45, 7) is 13.8. The van der Waals surface area contributed by atoms with E-state index in [9.17, 15) is 9.59 Å². The highest BCUT2D eigenvalue weighted by Gasteiger charge is 2.48. The molecule has 0 radical (unpaired) electrons. The van der Waals surface area contributed by atoms with Gasteiger partial charge in [0.25, 0.3) is 5.91 Å². The molecule has 34 heavy (non-hydrogen) atoms. The molecule has 1 aromatic carbocycles. The van der Waals surface area contributed by atoms with E-state index in [4.69, 9.17) is 32.7 Å². The van der Waals surface area contributed by atoms with Gasteiger partial charge in [-0.1, -0.05) is 73.5 Å². The normalized spacial score (nSPS) is 22.0. The second kappa shape index (κ2) is 13.5. The number of carbonyl (C=O) groups is 2. The highest BCUT2D eigenvalue weighted by Crippen LogP contribution is 2.39. The Kier molecular flexibility index (Phi) is 11.1. The summed E-state index contributed by atoms with van der Waals surface area (Å²) in [4.78, 5) is 28.4. The molecular formula is C27H33Cl2NO4. The third-order valence-corrected chi connectivity index (χ3v) is 6.17. The van der Waals surface area contributed by atoms with E-state index in [1.54, 1.807) is 48.3 Å². The predicted octanol–water partition coefficient (Wildman–Crippen LogP) is 6.54. The number of nitrogens with zero attached hydrogens (tertiary/aromatic N) is 1. The lowest BCUT2D eigenvalue weighted by Crippen LogP contribution is -2.59. The van der Waals surface area contributed by atoms with E-state index in [1.165, 1.54) is 0 Å². The van der Waals surface area contributed by atoms with Crippen LogP contribution in [0.4, 0.5) is 0 Å². The molecular weight excluding hydrogens is 473 g/mol. The van der Waals surface area contributed by atoms with Crippen LogP contribution >= 0.6 is 23.2 Å². The van der Waals surface area contributed by atoms with Gasteiger partial charge in [-0.25, -0.2) is 4.79 Å². The maximum atomic E-state index is 13.7. The molecule has 1 amide bonds. The molecule has 0 aromatic heterocycles. The van der Waals surface area contributed by atoms with Crippen molar-refractivity contribution in [2.75, 3.05) is 6.61 Å². The first kappa shape index (κ1) is 27.9. The Labute approximate surface area is 212 Å². The zero-order valence-corrected chi connectivity index (χ0v) is 21.5. The van der Waals surface area contributed by atoms with Crippen molar-refractivity contribution in [3.63, 3.8) is 0 Å². The van der Waals surface area contributed by atoms with Gasteiger partial charge in [0.2, 0.25) is 0 Å². The molecule has 1 aliphatic rings. The highest BCUT2D eigenvalue weighted by molar-refractivity contribution is 6.31. The Morgan fingerprint density at radius 3 is 2.50 bits per heavy atom. The van der Waals surface area contributed by atoms with Crippen LogP contribution in [0.15, 0.2) is 72.3 Å². The lowest BCUT2D eigenvalue weighted by Gasteiger charge is -2.47. The van der Waals surface area contributed by atoms with Crippen LogP contribution in [0.1, 0.15) is 51.6 Å².